The lowest BCUT2D eigenvalue weighted by molar-refractivity contribution is 0.0949. The maximum absolute atomic E-state index is 12.2. The van der Waals surface area contributed by atoms with Crippen LogP contribution in [0.3, 0.4) is 0 Å². The molecule has 8 heteroatoms. The van der Waals surface area contributed by atoms with Gasteiger partial charge in [-0.05, 0) is 48.2 Å². The van der Waals surface area contributed by atoms with Crippen LogP contribution in [0, 0.1) is 0 Å². The van der Waals surface area contributed by atoms with Crippen LogP contribution in [0.15, 0.2) is 53.1 Å². The first-order valence-electron chi connectivity index (χ1n) is 8.63. The van der Waals surface area contributed by atoms with Crippen molar-refractivity contribution in [3.05, 3.63) is 81.5 Å². The number of rotatable bonds is 7. The number of aromatic hydroxyl groups is 1. The summed E-state index contributed by atoms with van der Waals surface area (Å²) < 4.78 is 5.36. The van der Waals surface area contributed by atoms with Gasteiger partial charge in [0.05, 0.1) is 6.04 Å². The maximum Gasteiger partial charge on any atom is 0.273 e. The number of benzene rings is 2. The molecule has 6 nitrogen and oxygen atoms in total. The number of carbonyl (C=O) groups is 1. The monoisotopic (exact) mass is 419 g/mol. The number of nitrogens with zero attached hydrogens (tertiary/aromatic N) is 1. The van der Waals surface area contributed by atoms with E-state index in [0.29, 0.717) is 29.4 Å². The number of amides is 1. The fourth-order valence-corrected chi connectivity index (χ4v) is 3.16. The third-order valence-electron chi connectivity index (χ3n) is 4.16. The Kier molecular flexibility index (Phi) is 6.57. The average molecular weight is 420 g/mol. The normalized spacial score (nSPS) is 12.0. The van der Waals surface area contributed by atoms with E-state index in [1.807, 2.05) is 6.07 Å². The Morgan fingerprint density at radius 3 is 2.68 bits per heavy atom. The summed E-state index contributed by atoms with van der Waals surface area (Å²) >= 11 is 12.0. The number of hydrogen-bond acceptors (Lipinski definition) is 5. The van der Waals surface area contributed by atoms with Crippen LogP contribution < -0.4 is 11.1 Å². The zero-order chi connectivity index (χ0) is 20.1. The van der Waals surface area contributed by atoms with Crippen LogP contribution in [-0.4, -0.2) is 22.5 Å². The van der Waals surface area contributed by atoms with E-state index >= 15 is 0 Å². The van der Waals surface area contributed by atoms with Crippen molar-refractivity contribution >= 4 is 29.1 Å². The highest BCUT2D eigenvalue weighted by atomic mass is 35.5. The molecule has 1 heterocycles. The summed E-state index contributed by atoms with van der Waals surface area (Å²) in [6.07, 6.45) is 2.32. The summed E-state index contributed by atoms with van der Waals surface area (Å²) in [6.45, 7) is 0.391. The minimum absolute atomic E-state index is 0.165. The minimum atomic E-state index is -0.501. The van der Waals surface area contributed by atoms with Crippen LogP contribution in [0.2, 0.25) is 10.0 Å². The predicted octanol–water partition coefficient (Wildman–Crippen LogP) is 3.90. The predicted molar refractivity (Wildman–Crippen MR) is 108 cm³/mol. The molecule has 0 aliphatic rings. The van der Waals surface area contributed by atoms with Crippen molar-refractivity contribution in [3.63, 3.8) is 0 Å². The van der Waals surface area contributed by atoms with Crippen molar-refractivity contribution in [1.82, 2.24) is 10.3 Å². The van der Waals surface area contributed by atoms with Gasteiger partial charge in [0.2, 0.25) is 5.89 Å². The number of aromatic nitrogens is 1. The molecule has 2 aromatic carbocycles. The van der Waals surface area contributed by atoms with Gasteiger partial charge in [0, 0.05) is 16.6 Å². The first-order valence-corrected chi connectivity index (χ1v) is 9.39. The first kappa shape index (κ1) is 20.2. The molecule has 1 aromatic heterocycles. The van der Waals surface area contributed by atoms with Gasteiger partial charge in [-0.2, -0.15) is 0 Å². The van der Waals surface area contributed by atoms with Crippen LogP contribution in [0.4, 0.5) is 0 Å². The molecule has 0 bridgehead atoms. The molecule has 1 unspecified atom stereocenters. The number of phenols is 1. The Bertz CT molecular complexity index is 958. The lowest BCUT2D eigenvalue weighted by atomic mass is 10.1. The van der Waals surface area contributed by atoms with Gasteiger partial charge in [0.25, 0.3) is 5.91 Å². The van der Waals surface area contributed by atoms with Gasteiger partial charge in [-0.1, -0.05) is 41.4 Å². The summed E-state index contributed by atoms with van der Waals surface area (Å²) in [4.78, 5) is 16.4. The number of halogens is 2. The third-order valence-corrected chi connectivity index (χ3v) is 4.75. The lowest BCUT2D eigenvalue weighted by Gasteiger charge is -2.07. The van der Waals surface area contributed by atoms with E-state index in [9.17, 15) is 9.90 Å². The topological polar surface area (TPSA) is 101 Å². The Morgan fingerprint density at radius 1 is 1.21 bits per heavy atom. The van der Waals surface area contributed by atoms with Crippen molar-refractivity contribution in [3.8, 4) is 5.75 Å². The summed E-state index contributed by atoms with van der Waals surface area (Å²) in [5, 5.41) is 13.2. The molecule has 0 saturated heterocycles. The standard InChI is InChI=1S/C20H19Cl2N3O3/c21-14-4-3-13(16(22)10-14)7-8-24-19(27)18-11-28-20(25-18)17(23)9-12-1-5-15(26)6-2-12/h1-6,10-11,17,26H,7-9,23H2,(H,24,27). The SMILES string of the molecule is NC(Cc1ccc(O)cc1)c1nc(C(=O)NCCc2ccc(Cl)cc2Cl)co1. The molecule has 146 valence electrons. The molecule has 3 aromatic rings. The van der Waals surface area contributed by atoms with E-state index < -0.39 is 6.04 Å². The second-order valence-electron chi connectivity index (χ2n) is 6.29. The van der Waals surface area contributed by atoms with Crippen LogP contribution in [-0.2, 0) is 12.8 Å². The number of nitrogens with two attached hydrogens (primary N) is 1. The molecule has 1 amide bonds. The molecule has 4 N–H and O–H groups in total. The molecule has 3 rings (SSSR count). The average Bonchev–Trinajstić information content (AvgIpc) is 3.16. The zero-order valence-electron chi connectivity index (χ0n) is 14.9. The molecule has 1 atom stereocenters. The van der Waals surface area contributed by atoms with Crippen LogP contribution in [0.25, 0.3) is 0 Å². The van der Waals surface area contributed by atoms with E-state index in [-0.39, 0.29) is 23.2 Å². The van der Waals surface area contributed by atoms with Crippen molar-refractivity contribution in [2.75, 3.05) is 6.54 Å². The summed E-state index contributed by atoms with van der Waals surface area (Å²) in [6, 6.07) is 11.5. The minimum Gasteiger partial charge on any atom is -0.508 e. The highest BCUT2D eigenvalue weighted by Crippen LogP contribution is 2.21. The fourth-order valence-electron chi connectivity index (χ4n) is 2.66. The van der Waals surface area contributed by atoms with Gasteiger partial charge in [-0.25, -0.2) is 4.98 Å². The van der Waals surface area contributed by atoms with Gasteiger partial charge < -0.3 is 20.6 Å². The molecular formula is C20H19Cl2N3O3. The molecule has 0 aliphatic carbocycles. The molecule has 0 radical (unpaired) electrons. The summed E-state index contributed by atoms with van der Waals surface area (Å²) in [7, 11) is 0. The second-order valence-corrected chi connectivity index (χ2v) is 7.13. The van der Waals surface area contributed by atoms with Crippen LogP contribution in [0.5, 0.6) is 5.75 Å². The van der Waals surface area contributed by atoms with Crippen LogP contribution in [0.1, 0.15) is 33.5 Å². The number of hydrogen-bond donors (Lipinski definition) is 3. The molecule has 0 fully saturated rings. The van der Waals surface area contributed by atoms with E-state index in [0.717, 1.165) is 11.1 Å². The van der Waals surface area contributed by atoms with Gasteiger partial charge >= 0.3 is 0 Å². The van der Waals surface area contributed by atoms with Crippen LogP contribution >= 0.6 is 23.2 Å². The van der Waals surface area contributed by atoms with E-state index in [1.165, 1.54) is 6.26 Å². The molecule has 0 aliphatic heterocycles. The lowest BCUT2D eigenvalue weighted by Crippen LogP contribution is -2.26. The van der Waals surface area contributed by atoms with Gasteiger partial charge in [0.1, 0.15) is 12.0 Å². The zero-order valence-corrected chi connectivity index (χ0v) is 16.4. The number of carbonyl (C=O) groups excluding carboxylic acids is 1. The van der Waals surface area contributed by atoms with Crippen molar-refractivity contribution < 1.29 is 14.3 Å². The molecular weight excluding hydrogens is 401 g/mol. The summed E-state index contributed by atoms with van der Waals surface area (Å²) in [5.74, 6) is 0.114. The van der Waals surface area contributed by atoms with E-state index in [4.69, 9.17) is 33.4 Å². The maximum atomic E-state index is 12.2. The van der Waals surface area contributed by atoms with Crippen molar-refractivity contribution in [1.29, 1.82) is 0 Å². The van der Waals surface area contributed by atoms with Gasteiger partial charge in [-0.15, -0.1) is 0 Å². The fraction of sp³-hybridized carbons (Fsp3) is 0.200. The number of oxazole rings is 1. The molecule has 28 heavy (non-hydrogen) atoms. The third kappa shape index (κ3) is 5.25. The number of nitrogens with one attached hydrogen (secondary N) is 1. The Morgan fingerprint density at radius 2 is 1.96 bits per heavy atom. The number of phenolic OH excluding ortho intramolecular Hbond substituents is 1. The van der Waals surface area contributed by atoms with Gasteiger partial charge in [-0.3, -0.25) is 4.79 Å². The van der Waals surface area contributed by atoms with E-state index in [1.54, 1.807) is 36.4 Å². The molecule has 0 saturated carbocycles. The Balaban J connectivity index is 1.53. The van der Waals surface area contributed by atoms with Crippen molar-refractivity contribution in [2.24, 2.45) is 5.73 Å². The van der Waals surface area contributed by atoms with E-state index in [2.05, 4.69) is 10.3 Å². The smallest absolute Gasteiger partial charge is 0.273 e. The first-order chi connectivity index (χ1) is 13.4. The Labute approximate surface area is 172 Å². The van der Waals surface area contributed by atoms with Crippen molar-refractivity contribution in [2.45, 2.75) is 18.9 Å². The molecule has 0 spiro atoms. The Hall–Kier alpha value is -2.54. The quantitative estimate of drug-likeness (QED) is 0.538. The van der Waals surface area contributed by atoms with Gasteiger partial charge in [0.15, 0.2) is 5.69 Å². The largest absolute Gasteiger partial charge is 0.508 e. The summed E-state index contributed by atoms with van der Waals surface area (Å²) in [5.41, 5.74) is 8.09. The highest BCUT2D eigenvalue weighted by molar-refractivity contribution is 6.35. The highest BCUT2D eigenvalue weighted by Gasteiger charge is 2.17. The second kappa shape index (κ2) is 9.10.